The van der Waals surface area contributed by atoms with Crippen molar-refractivity contribution < 1.29 is 13.2 Å². The van der Waals surface area contributed by atoms with Crippen LogP contribution in [0.5, 0.6) is 0 Å². The van der Waals surface area contributed by atoms with Crippen molar-refractivity contribution in [2.24, 2.45) is 5.92 Å². The van der Waals surface area contributed by atoms with E-state index >= 15 is 0 Å². The predicted molar refractivity (Wildman–Crippen MR) is 65.0 cm³/mol. The quantitative estimate of drug-likeness (QED) is 0.716. The van der Waals surface area contributed by atoms with Crippen LogP contribution in [0.4, 0.5) is 0 Å². The normalized spacial score (nSPS) is 27.4. The molecule has 0 saturated carbocycles. The number of carbonyl (C=O) groups is 1. The third-order valence-corrected chi connectivity index (χ3v) is 4.89. The molecule has 0 N–H and O–H groups in total. The number of hydrogen-bond donors (Lipinski definition) is 0. The molecule has 0 aromatic carbocycles. The van der Waals surface area contributed by atoms with E-state index < -0.39 is 10.0 Å². The van der Waals surface area contributed by atoms with Crippen LogP contribution >= 0.6 is 0 Å². The second kappa shape index (κ2) is 4.94. The molecule has 2 aliphatic rings. The van der Waals surface area contributed by atoms with Crippen molar-refractivity contribution in [1.82, 2.24) is 9.21 Å². The molecular weight excluding hydrogens is 240 g/mol. The molecule has 0 spiro atoms. The molecule has 17 heavy (non-hydrogen) atoms. The molecule has 0 aromatic rings. The molecule has 2 aliphatic heterocycles. The van der Waals surface area contributed by atoms with Gasteiger partial charge in [-0.2, -0.15) is 0 Å². The van der Waals surface area contributed by atoms with Crippen molar-refractivity contribution in [2.45, 2.75) is 25.7 Å². The zero-order valence-electron chi connectivity index (χ0n) is 10.3. The van der Waals surface area contributed by atoms with Gasteiger partial charge in [0.15, 0.2) is 0 Å². The number of amides is 1. The molecule has 1 atom stereocenters. The molecule has 0 aliphatic carbocycles. The van der Waals surface area contributed by atoms with E-state index in [9.17, 15) is 13.2 Å². The molecule has 0 bridgehead atoms. The smallest absolute Gasteiger partial charge is 0.227 e. The van der Waals surface area contributed by atoms with E-state index in [1.807, 2.05) is 4.90 Å². The van der Waals surface area contributed by atoms with Gasteiger partial charge < -0.3 is 4.90 Å². The highest BCUT2D eigenvalue weighted by molar-refractivity contribution is 7.88. The Balaban J connectivity index is 1.99. The second-order valence-corrected chi connectivity index (χ2v) is 6.97. The van der Waals surface area contributed by atoms with Gasteiger partial charge in [-0.05, 0) is 25.7 Å². The average molecular weight is 260 g/mol. The molecule has 0 radical (unpaired) electrons. The minimum atomic E-state index is -3.15. The Hall–Kier alpha value is -0.620. The lowest BCUT2D eigenvalue weighted by molar-refractivity contribution is -0.135. The minimum absolute atomic E-state index is 0.128. The van der Waals surface area contributed by atoms with Gasteiger partial charge in [0, 0.05) is 26.2 Å². The summed E-state index contributed by atoms with van der Waals surface area (Å²) in [4.78, 5) is 14.1. The van der Waals surface area contributed by atoms with Gasteiger partial charge in [-0.3, -0.25) is 4.79 Å². The van der Waals surface area contributed by atoms with Crippen molar-refractivity contribution >= 4 is 15.9 Å². The molecule has 0 unspecified atom stereocenters. The Bertz CT molecular complexity index is 388. The van der Waals surface area contributed by atoms with Crippen molar-refractivity contribution in [3.05, 3.63) is 0 Å². The number of rotatable bonds is 2. The molecular formula is C11H20N2O3S. The lowest BCUT2D eigenvalue weighted by Gasteiger charge is -2.32. The third kappa shape index (κ3) is 2.98. The highest BCUT2D eigenvalue weighted by atomic mass is 32.2. The van der Waals surface area contributed by atoms with Crippen LogP contribution < -0.4 is 0 Å². The fourth-order valence-corrected chi connectivity index (χ4v) is 3.55. The standard InChI is InChI=1S/C11H20N2O3S/c1-17(15,16)13-8-4-5-10(9-13)11(14)12-6-2-3-7-12/h10H,2-9H2,1H3/t10-/m0/s1. The SMILES string of the molecule is CS(=O)(=O)N1CCC[C@H](C(=O)N2CCCC2)C1. The van der Waals surface area contributed by atoms with E-state index in [-0.39, 0.29) is 11.8 Å². The first-order valence-corrected chi connectivity index (χ1v) is 8.07. The summed E-state index contributed by atoms with van der Waals surface area (Å²) in [5, 5.41) is 0. The van der Waals surface area contributed by atoms with Gasteiger partial charge in [-0.1, -0.05) is 0 Å². The predicted octanol–water partition coefficient (Wildman–Crippen LogP) is 0.280. The highest BCUT2D eigenvalue weighted by Gasteiger charge is 2.33. The minimum Gasteiger partial charge on any atom is -0.342 e. The Morgan fingerprint density at radius 1 is 1.12 bits per heavy atom. The van der Waals surface area contributed by atoms with Crippen LogP contribution in [0, 0.1) is 5.92 Å². The van der Waals surface area contributed by atoms with E-state index in [0.29, 0.717) is 13.1 Å². The van der Waals surface area contributed by atoms with Gasteiger partial charge in [-0.25, -0.2) is 12.7 Å². The lowest BCUT2D eigenvalue weighted by Crippen LogP contribution is -2.45. The molecule has 1 amide bonds. The van der Waals surface area contributed by atoms with Crippen molar-refractivity contribution in [3.8, 4) is 0 Å². The van der Waals surface area contributed by atoms with Gasteiger partial charge >= 0.3 is 0 Å². The van der Waals surface area contributed by atoms with E-state index in [1.54, 1.807) is 0 Å². The maximum absolute atomic E-state index is 12.2. The largest absolute Gasteiger partial charge is 0.342 e. The van der Waals surface area contributed by atoms with E-state index in [0.717, 1.165) is 38.8 Å². The number of sulfonamides is 1. The number of nitrogens with zero attached hydrogens (tertiary/aromatic N) is 2. The molecule has 5 nitrogen and oxygen atoms in total. The summed E-state index contributed by atoms with van der Waals surface area (Å²) in [5.41, 5.74) is 0. The summed E-state index contributed by atoms with van der Waals surface area (Å²) in [6.45, 7) is 2.61. The maximum atomic E-state index is 12.2. The summed E-state index contributed by atoms with van der Waals surface area (Å²) in [5.74, 6) is 0.0208. The Morgan fingerprint density at radius 3 is 2.35 bits per heavy atom. The van der Waals surface area contributed by atoms with E-state index in [2.05, 4.69) is 0 Å². The van der Waals surface area contributed by atoms with Gasteiger partial charge in [0.2, 0.25) is 15.9 Å². The fraction of sp³-hybridized carbons (Fsp3) is 0.909. The first kappa shape index (κ1) is 12.8. The van der Waals surface area contributed by atoms with Crippen LogP contribution in [0.2, 0.25) is 0 Å². The molecule has 2 rings (SSSR count). The zero-order chi connectivity index (χ0) is 12.5. The molecule has 2 heterocycles. The van der Waals surface area contributed by atoms with Crippen molar-refractivity contribution in [3.63, 3.8) is 0 Å². The zero-order valence-corrected chi connectivity index (χ0v) is 11.1. The molecule has 0 aromatic heterocycles. The highest BCUT2D eigenvalue weighted by Crippen LogP contribution is 2.22. The average Bonchev–Trinajstić information content (AvgIpc) is 2.80. The summed E-state index contributed by atoms with van der Waals surface area (Å²) in [6.07, 6.45) is 4.98. The van der Waals surface area contributed by atoms with E-state index in [4.69, 9.17) is 0 Å². The van der Waals surface area contributed by atoms with Gasteiger partial charge in [-0.15, -0.1) is 0 Å². The molecule has 2 saturated heterocycles. The first-order chi connectivity index (χ1) is 7.98. The van der Waals surface area contributed by atoms with Crippen LogP contribution in [0.1, 0.15) is 25.7 Å². The van der Waals surface area contributed by atoms with Crippen LogP contribution in [-0.2, 0) is 14.8 Å². The van der Waals surface area contributed by atoms with Crippen LogP contribution in [0.15, 0.2) is 0 Å². The summed E-state index contributed by atoms with van der Waals surface area (Å²) < 4.78 is 24.4. The maximum Gasteiger partial charge on any atom is 0.227 e. The topological polar surface area (TPSA) is 57.7 Å². The van der Waals surface area contributed by atoms with Crippen LogP contribution in [0.25, 0.3) is 0 Å². The van der Waals surface area contributed by atoms with E-state index in [1.165, 1.54) is 10.6 Å². The van der Waals surface area contributed by atoms with Gasteiger partial charge in [0.25, 0.3) is 0 Å². The fourth-order valence-electron chi connectivity index (χ4n) is 2.64. The lowest BCUT2D eigenvalue weighted by atomic mass is 9.98. The molecule has 2 fully saturated rings. The Labute approximate surface area is 103 Å². The Morgan fingerprint density at radius 2 is 1.76 bits per heavy atom. The number of hydrogen-bond acceptors (Lipinski definition) is 3. The number of piperidine rings is 1. The number of carbonyl (C=O) groups excluding carboxylic acids is 1. The van der Waals surface area contributed by atoms with Crippen molar-refractivity contribution in [1.29, 1.82) is 0 Å². The second-order valence-electron chi connectivity index (χ2n) is 4.99. The molecule has 6 heteroatoms. The summed E-state index contributed by atoms with van der Waals surface area (Å²) in [6, 6.07) is 0. The molecule has 98 valence electrons. The summed E-state index contributed by atoms with van der Waals surface area (Å²) >= 11 is 0. The first-order valence-electron chi connectivity index (χ1n) is 6.22. The van der Waals surface area contributed by atoms with Crippen molar-refractivity contribution in [2.75, 3.05) is 32.4 Å². The monoisotopic (exact) mass is 260 g/mol. The van der Waals surface area contributed by atoms with Crippen LogP contribution in [-0.4, -0.2) is 56.0 Å². The van der Waals surface area contributed by atoms with Gasteiger partial charge in [0.05, 0.1) is 12.2 Å². The number of likely N-dealkylation sites (tertiary alicyclic amines) is 1. The third-order valence-electron chi connectivity index (χ3n) is 3.62. The Kier molecular flexibility index (Phi) is 3.73. The summed E-state index contributed by atoms with van der Waals surface area (Å²) in [7, 11) is -3.15. The van der Waals surface area contributed by atoms with Gasteiger partial charge in [0.1, 0.15) is 0 Å². The van der Waals surface area contributed by atoms with Crippen LogP contribution in [0.3, 0.4) is 0 Å².